The van der Waals surface area contributed by atoms with Crippen LogP contribution in [0.3, 0.4) is 0 Å². The molecule has 0 saturated carbocycles. The summed E-state index contributed by atoms with van der Waals surface area (Å²) in [5.41, 5.74) is 1.51. The van der Waals surface area contributed by atoms with Gasteiger partial charge in [0.05, 0.1) is 18.8 Å². The quantitative estimate of drug-likeness (QED) is 0.796. The average molecular weight is 286 g/mol. The molecule has 1 aliphatic rings. The number of hydrogen-bond donors (Lipinski definition) is 0. The van der Waals surface area contributed by atoms with Gasteiger partial charge in [-0.2, -0.15) is 0 Å². The van der Waals surface area contributed by atoms with E-state index in [9.17, 15) is 4.79 Å². The zero-order valence-corrected chi connectivity index (χ0v) is 12.2. The molecular formula is C16H18N2O3. The van der Waals surface area contributed by atoms with E-state index in [1.807, 2.05) is 43.0 Å². The third-order valence-corrected chi connectivity index (χ3v) is 3.57. The second kappa shape index (κ2) is 5.69. The Balaban J connectivity index is 1.74. The van der Waals surface area contributed by atoms with Gasteiger partial charge in [0.15, 0.2) is 5.58 Å². The van der Waals surface area contributed by atoms with Crippen molar-refractivity contribution < 1.29 is 13.9 Å². The Morgan fingerprint density at radius 2 is 2.19 bits per heavy atom. The van der Waals surface area contributed by atoms with Crippen LogP contribution in [0, 0.1) is 0 Å². The number of oxazole rings is 1. The maximum atomic E-state index is 12.3. The van der Waals surface area contributed by atoms with Crippen molar-refractivity contribution in [1.82, 2.24) is 9.88 Å². The van der Waals surface area contributed by atoms with E-state index in [1.165, 1.54) is 6.08 Å². The first kappa shape index (κ1) is 13.8. The van der Waals surface area contributed by atoms with E-state index < -0.39 is 0 Å². The van der Waals surface area contributed by atoms with Gasteiger partial charge in [0.2, 0.25) is 11.8 Å². The van der Waals surface area contributed by atoms with Gasteiger partial charge in [-0.3, -0.25) is 4.79 Å². The van der Waals surface area contributed by atoms with Gasteiger partial charge in [-0.05, 0) is 26.0 Å². The molecule has 5 heteroatoms. The zero-order valence-electron chi connectivity index (χ0n) is 12.2. The Hall–Kier alpha value is -2.14. The van der Waals surface area contributed by atoms with Gasteiger partial charge in [0.25, 0.3) is 0 Å². The number of para-hydroxylation sites is 2. The normalized spacial score (nSPS) is 23.0. The fourth-order valence-corrected chi connectivity index (χ4v) is 2.41. The Morgan fingerprint density at radius 1 is 1.38 bits per heavy atom. The number of nitrogens with zero attached hydrogens (tertiary/aromatic N) is 2. The minimum atomic E-state index is -0.0418. The number of amides is 1. The smallest absolute Gasteiger partial charge is 0.247 e. The molecular weight excluding hydrogens is 268 g/mol. The van der Waals surface area contributed by atoms with Crippen molar-refractivity contribution in [1.29, 1.82) is 0 Å². The average Bonchev–Trinajstić information content (AvgIpc) is 2.90. The second-order valence-electron chi connectivity index (χ2n) is 5.34. The molecule has 1 aromatic heterocycles. The number of ether oxygens (including phenoxy) is 1. The summed E-state index contributed by atoms with van der Waals surface area (Å²) in [5, 5.41) is 0. The summed E-state index contributed by atoms with van der Waals surface area (Å²) in [6.07, 6.45) is 3.21. The highest BCUT2D eigenvalue weighted by Crippen LogP contribution is 2.16. The predicted octanol–water partition coefficient (Wildman–Crippen LogP) is 2.48. The monoisotopic (exact) mass is 286 g/mol. The van der Waals surface area contributed by atoms with Gasteiger partial charge in [0, 0.05) is 18.7 Å². The van der Waals surface area contributed by atoms with E-state index in [0.717, 1.165) is 11.1 Å². The highest BCUT2D eigenvalue weighted by molar-refractivity contribution is 5.91. The summed E-state index contributed by atoms with van der Waals surface area (Å²) in [7, 11) is 0. The lowest BCUT2D eigenvalue weighted by Gasteiger charge is -2.36. The Morgan fingerprint density at radius 3 is 3.00 bits per heavy atom. The number of aromatic nitrogens is 1. The van der Waals surface area contributed by atoms with Crippen LogP contribution in [0.2, 0.25) is 0 Å². The minimum Gasteiger partial charge on any atom is -0.437 e. The maximum Gasteiger partial charge on any atom is 0.247 e. The SMILES string of the molecule is CC1CN(C(=O)/C=C/c2nc3ccccc3o2)C(C)CO1. The molecule has 0 bridgehead atoms. The molecule has 1 saturated heterocycles. The van der Waals surface area contributed by atoms with Crippen LogP contribution >= 0.6 is 0 Å². The van der Waals surface area contributed by atoms with Crippen LogP contribution < -0.4 is 0 Å². The van der Waals surface area contributed by atoms with Gasteiger partial charge in [0.1, 0.15) is 5.52 Å². The molecule has 0 spiro atoms. The molecule has 3 rings (SSSR count). The lowest BCUT2D eigenvalue weighted by Crippen LogP contribution is -2.49. The number of fused-ring (bicyclic) bond motifs is 1. The van der Waals surface area contributed by atoms with Crippen molar-refractivity contribution in [3.8, 4) is 0 Å². The van der Waals surface area contributed by atoms with Crippen LogP contribution in [0.15, 0.2) is 34.8 Å². The summed E-state index contributed by atoms with van der Waals surface area (Å²) in [5.74, 6) is 0.401. The minimum absolute atomic E-state index is 0.0418. The molecule has 2 heterocycles. The molecule has 0 radical (unpaired) electrons. The molecule has 0 N–H and O–H groups in total. The third kappa shape index (κ3) is 2.97. The highest BCUT2D eigenvalue weighted by Gasteiger charge is 2.26. The van der Waals surface area contributed by atoms with E-state index in [2.05, 4.69) is 4.98 Å². The molecule has 2 aromatic rings. The van der Waals surface area contributed by atoms with Crippen molar-refractivity contribution in [3.05, 3.63) is 36.2 Å². The molecule has 110 valence electrons. The molecule has 1 amide bonds. The van der Waals surface area contributed by atoms with Crippen LogP contribution in [0.1, 0.15) is 19.7 Å². The van der Waals surface area contributed by atoms with Gasteiger partial charge in [-0.25, -0.2) is 4.98 Å². The van der Waals surface area contributed by atoms with E-state index in [0.29, 0.717) is 19.0 Å². The Bertz CT molecular complexity index is 644. The first-order valence-electron chi connectivity index (χ1n) is 7.09. The first-order chi connectivity index (χ1) is 10.1. The lowest BCUT2D eigenvalue weighted by molar-refractivity contribution is -0.137. The molecule has 2 atom stereocenters. The van der Waals surface area contributed by atoms with Crippen LogP contribution in [-0.4, -0.2) is 41.1 Å². The highest BCUT2D eigenvalue weighted by atomic mass is 16.5. The van der Waals surface area contributed by atoms with Gasteiger partial charge >= 0.3 is 0 Å². The fourth-order valence-electron chi connectivity index (χ4n) is 2.41. The molecule has 21 heavy (non-hydrogen) atoms. The van der Waals surface area contributed by atoms with E-state index >= 15 is 0 Å². The summed E-state index contributed by atoms with van der Waals surface area (Å²) < 4.78 is 11.1. The van der Waals surface area contributed by atoms with E-state index in [1.54, 1.807) is 6.08 Å². The summed E-state index contributed by atoms with van der Waals surface area (Å²) in [6.45, 7) is 5.13. The topological polar surface area (TPSA) is 55.6 Å². The molecule has 2 unspecified atom stereocenters. The number of carbonyl (C=O) groups excluding carboxylic acids is 1. The largest absolute Gasteiger partial charge is 0.437 e. The van der Waals surface area contributed by atoms with Gasteiger partial charge in [-0.1, -0.05) is 12.1 Å². The van der Waals surface area contributed by atoms with Crippen LogP contribution in [0.25, 0.3) is 17.2 Å². The standard InChI is InChI=1S/C16H18N2O3/c1-11-10-20-12(2)9-18(11)16(19)8-7-15-17-13-5-3-4-6-14(13)21-15/h3-8,11-12H,9-10H2,1-2H3/b8-7+. The van der Waals surface area contributed by atoms with Crippen LogP contribution in [0.4, 0.5) is 0 Å². The number of hydrogen-bond acceptors (Lipinski definition) is 4. The van der Waals surface area contributed by atoms with Crippen molar-refractivity contribution >= 4 is 23.1 Å². The van der Waals surface area contributed by atoms with Crippen molar-refractivity contribution in [3.63, 3.8) is 0 Å². The molecule has 1 aromatic carbocycles. The number of carbonyl (C=O) groups is 1. The van der Waals surface area contributed by atoms with E-state index in [-0.39, 0.29) is 18.1 Å². The Kier molecular flexibility index (Phi) is 3.75. The third-order valence-electron chi connectivity index (χ3n) is 3.57. The molecule has 5 nitrogen and oxygen atoms in total. The van der Waals surface area contributed by atoms with Crippen molar-refractivity contribution in [2.75, 3.05) is 13.2 Å². The van der Waals surface area contributed by atoms with Crippen molar-refractivity contribution in [2.24, 2.45) is 0 Å². The second-order valence-corrected chi connectivity index (χ2v) is 5.34. The lowest BCUT2D eigenvalue weighted by atomic mass is 10.2. The van der Waals surface area contributed by atoms with Gasteiger partial charge in [-0.15, -0.1) is 0 Å². The fraction of sp³-hybridized carbons (Fsp3) is 0.375. The summed E-state index contributed by atoms with van der Waals surface area (Å²) in [4.78, 5) is 18.4. The number of benzene rings is 1. The number of morpholine rings is 1. The van der Waals surface area contributed by atoms with Crippen LogP contribution in [-0.2, 0) is 9.53 Å². The molecule has 1 aliphatic heterocycles. The zero-order chi connectivity index (χ0) is 14.8. The maximum absolute atomic E-state index is 12.3. The van der Waals surface area contributed by atoms with Gasteiger partial charge < -0.3 is 14.1 Å². The number of rotatable bonds is 2. The van der Waals surface area contributed by atoms with Crippen molar-refractivity contribution in [2.45, 2.75) is 26.0 Å². The van der Waals surface area contributed by atoms with E-state index in [4.69, 9.17) is 9.15 Å². The van der Waals surface area contributed by atoms with Crippen LogP contribution in [0.5, 0.6) is 0 Å². The summed E-state index contributed by atoms with van der Waals surface area (Å²) >= 11 is 0. The Labute approximate surface area is 123 Å². The molecule has 1 fully saturated rings. The summed E-state index contributed by atoms with van der Waals surface area (Å²) in [6, 6.07) is 7.61. The predicted molar refractivity (Wildman–Crippen MR) is 79.6 cm³/mol. The first-order valence-corrected chi connectivity index (χ1v) is 7.09. The molecule has 0 aliphatic carbocycles.